The summed E-state index contributed by atoms with van der Waals surface area (Å²) in [7, 11) is 0. The molecule has 3 nitrogen and oxygen atoms in total. The van der Waals surface area contributed by atoms with Crippen molar-refractivity contribution in [2.45, 2.75) is 26.7 Å². The Morgan fingerprint density at radius 1 is 1.50 bits per heavy atom. The van der Waals surface area contributed by atoms with Crippen LogP contribution < -0.4 is 0 Å². The molecule has 4 heteroatoms. The first kappa shape index (κ1) is 10.9. The monoisotopic (exact) mass is 211 g/mol. The van der Waals surface area contributed by atoms with Crippen LogP contribution in [0.25, 0.3) is 6.08 Å². The van der Waals surface area contributed by atoms with E-state index in [1.807, 2.05) is 13.8 Å². The lowest BCUT2D eigenvalue weighted by Crippen LogP contribution is -1.87. The number of carboxylic acids is 1. The molecule has 0 atom stereocenters. The van der Waals surface area contributed by atoms with E-state index in [1.165, 1.54) is 0 Å². The molecule has 0 saturated carbocycles. The van der Waals surface area contributed by atoms with E-state index < -0.39 is 5.97 Å². The van der Waals surface area contributed by atoms with Gasteiger partial charge >= 0.3 is 5.97 Å². The summed E-state index contributed by atoms with van der Waals surface area (Å²) in [6.45, 7) is 4.07. The van der Waals surface area contributed by atoms with Crippen molar-refractivity contribution in [2.24, 2.45) is 0 Å². The molecule has 14 heavy (non-hydrogen) atoms. The van der Waals surface area contributed by atoms with Crippen molar-refractivity contribution < 1.29 is 9.90 Å². The number of carbonyl (C=O) groups is 1. The average molecular weight is 211 g/mol. The molecule has 1 rings (SSSR count). The Morgan fingerprint density at radius 3 is 2.71 bits per heavy atom. The fourth-order valence-electron chi connectivity index (χ4n) is 1.10. The summed E-state index contributed by atoms with van der Waals surface area (Å²) >= 11 is 1.56. The standard InChI is InChI=1S/C10H13NO2S/c1-3-7-8(5-6-10(12)13)14-9(4-2)11-7/h5-6H,3-4H2,1-2H3,(H,12,13)/b6-5+. The van der Waals surface area contributed by atoms with E-state index in [2.05, 4.69) is 4.98 Å². The van der Waals surface area contributed by atoms with Crippen LogP contribution in [0, 0.1) is 0 Å². The molecule has 1 aromatic rings. The molecular formula is C10H13NO2S. The summed E-state index contributed by atoms with van der Waals surface area (Å²) in [5, 5.41) is 9.56. The third-order valence-electron chi connectivity index (χ3n) is 1.79. The molecule has 0 unspecified atom stereocenters. The highest BCUT2D eigenvalue weighted by Crippen LogP contribution is 2.21. The van der Waals surface area contributed by atoms with E-state index >= 15 is 0 Å². The van der Waals surface area contributed by atoms with Gasteiger partial charge in [-0.15, -0.1) is 11.3 Å². The van der Waals surface area contributed by atoms with E-state index in [0.717, 1.165) is 34.5 Å². The van der Waals surface area contributed by atoms with E-state index in [9.17, 15) is 4.79 Å². The maximum absolute atomic E-state index is 10.3. The van der Waals surface area contributed by atoms with Crippen LogP contribution in [0.1, 0.15) is 29.4 Å². The number of hydrogen-bond acceptors (Lipinski definition) is 3. The number of nitrogens with zero attached hydrogens (tertiary/aromatic N) is 1. The van der Waals surface area contributed by atoms with Gasteiger partial charge in [0, 0.05) is 6.08 Å². The number of carboxylic acid groups (broad SMARTS) is 1. The molecule has 1 N–H and O–H groups in total. The summed E-state index contributed by atoms with van der Waals surface area (Å²) in [4.78, 5) is 15.7. The van der Waals surface area contributed by atoms with Crippen molar-refractivity contribution in [3.8, 4) is 0 Å². The van der Waals surface area contributed by atoms with Crippen molar-refractivity contribution in [2.75, 3.05) is 0 Å². The van der Waals surface area contributed by atoms with Crippen LogP contribution in [0.15, 0.2) is 6.08 Å². The molecule has 0 spiro atoms. The highest BCUT2D eigenvalue weighted by molar-refractivity contribution is 7.12. The van der Waals surface area contributed by atoms with Gasteiger partial charge < -0.3 is 5.11 Å². The highest BCUT2D eigenvalue weighted by atomic mass is 32.1. The molecule has 0 aromatic carbocycles. The predicted molar refractivity (Wildman–Crippen MR) is 57.5 cm³/mol. The van der Waals surface area contributed by atoms with Crippen LogP contribution in [-0.4, -0.2) is 16.1 Å². The van der Waals surface area contributed by atoms with Crippen molar-refractivity contribution in [1.82, 2.24) is 4.98 Å². The molecule has 1 aromatic heterocycles. The van der Waals surface area contributed by atoms with Gasteiger partial charge in [-0.2, -0.15) is 0 Å². The molecule has 0 saturated heterocycles. The van der Waals surface area contributed by atoms with Crippen LogP contribution in [0.3, 0.4) is 0 Å². The van der Waals surface area contributed by atoms with E-state index in [0.29, 0.717) is 0 Å². The Bertz CT molecular complexity index is 355. The Hall–Kier alpha value is -1.16. The number of aromatic nitrogens is 1. The van der Waals surface area contributed by atoms with E-state index in [-0.39, 0.29) is 0 Å². The van der Waals surface area contributed by atoms with Crippen molar-refractivity contribution >= 4 is 23.4 Å². The van der Waals surface area contributed by atoms with Crippen molar-refractivity contribution in [3.63, 3.8) is 0 Å². The summed E-state index contributed by atoms with van der Waals surface area (Å²) in [6, 6.07) is 0. The molecule has 0 aliphatic rings. The lowest BCUT2D eigenvalue weighted by Gasteiger charge is -1.89. The third kappa shape index (κ3) is 2.67. The topological polar surface area (TPSA) is 50.2 Å². The van der Waals surface area contributed by atoms with Gasteiger partial charge in [0.25, 0.3) is 0 Å². The normalized spacial score (nSPS) is 11.0. The van der Waals surface area contributed by atoms with E-state index in [4.69, 9.17) is 5.11 Å². The van der Waals surface area contributed by atoms with Gasteiger partial charge in [-0.25, -0.2) is 9.78 Å². The zero-order chi connectivity index (χ0) is 10.6. The first-order valence-corrected chi connectivity index (χ1v) is 5.38. The Morgan fingerprint density at radius 2 is 2.21 bits per heavy atom. The largest absolute Gasteiger partial charge is 0.478 e. The molecule has 0 fully saturated rings. The molecule has 0 amide bonds. The van der Waals surface area contributed by atoms with Gasteiger partial charge in [-0.1, -0.05) is 13.8 Å². The maximum atomic E-state index is 10.3. The summed E-state index contributed by atoms with van der Waals surface area (Å²) in [6.07, 6.45) is 4.53. The number of thiazole rings is 1. The number of hydrogen-bond donors (Lipinski definition) is 1. The average Bonchev–Trinajstić information content (AvgIpc) is 2.57. The van der Waals surface area contributed by atoms with Crippen molar-refractivity contribution in [1.29, 1.82) is 0 Å². The SMILES string of the molecule is CCc1nc(CC)c(/C=C/C(=O)O)s1. The minimum atomic E-state index is -0.918. The fourth-order valence-corrected chi connectivity index (χ4v) is 2.09. The summed E-state index contributed by atoms with van der Waals surface area (Å²) in [5.41, 5.74) is 0.990. The Kier molecular flexibility index (Phi) is 3.83. The molecular weight excluding hydrogens is 198 g/mol. The number of aliphatic carboxylic acids is 1. The van der Waals surface area contributed by atoms with Crippen molar-refractivity contribution in [3.05, 3.63) is 21.7 Å². The molecule has 0 bridgehead atoms. The first-order valence-electron chi connectivity index (χ1n) is 4.57. The number of rotatable bonds is 4. The third-order valence-corrected chi connectivity index (χ3v) is 2.99. The van der Waals surface area contributed by atoms with Gasteiger partial charge in [0.15, 0.2) is 0 Å². The molecule has 0 radical (unpaired) electrons. The maximum Gasteiger partial charge on any atom is 0.328 e. The molecule has 0 aliphatic carbocycles. The smallest absolute Gasteiger partial charge is 0.328 e. The predicted octanol–water partition coefficient (Wildman–Crippen LogP) is 2.37. The highest BCUT2D eigenvalue weighted by Gasteiger charge is 2.05. The van der Waals surface area contributed by atoms with Gasteiger partial charge in [0.05, 0.1) is 15.6 Å². The van der Waals surface area contributed by atoms with Crippen LogP contribution in [-0.2, 0) is 17.6 Å². The van der Waals surface area contributed by atoms with Gasteiger partial charge in [0.2, 0.25) is 0 Å². The zero-order valence-electron chi connectivity index (χ0n) is 8.28. The second kappa shape index (κ2) is 4.91. The number of aryl methyl sites for hydroxylation is 2. The molecule has 0 aliphatic heterocycles. The van der Waals surface area contributed by atoms with Crippen LogP contribution in [0.5, 0.6) is 0 Å². The van der Waals surface area contributed by atoms with Gasteiger partial charge in [-0.3, -0.25) is 0 Å². The van der Waals surface area contributed by atoms with Crippen LogP contribution >= 0.6 is 11.3 Å². The Balaban J connectivity index is 2.94. The van der Waals surface area contributed by atoms with Gasteiger partial charge in [0.1, 0.15) is 0 Å². The fraction of sp³-hybridized carbons (Fsp3) is 0.400. The summed E-state index contributed by atoms with van der Waals surface area (Å²) < 4.78 is 0. The first-order chi connectivity index (χ1) is 6.67. The second-order valence-electron chi connectivity index (χ2n) is 2.80. The zero-order valence-corrected chi connectivity index (χ0v) is 9.10. The molecule has 76 valence electrons. The second-order valence-corrected chi connectivity index (χ2v) is 3.91. The van der Waals surface area contributed by atoms with E-state index in [1.54, 1.807) is 17.4 Å². The van der Waals surface area contributed by atoms with Crippen LogP contribution in [0.2, 0.25) is 0 Å². The minimum absolute atomic E-state index is 0.843. The lowest BCUT2D eigenvalue weighted by molar-refractivity contribution is -0.131. The molecule has 1 heterocycles. The lowest BCUT2D eigenvalue weighted by atomic mass is 10.3. The Labute approximate surface area is 87.1 Å². The van der Waals surface area contributed by atoms with Crippen LogP contribution in [0.4, 0.5) is 0 Å². The quantitative estimate of drug-likeness (QED) is 0.778. The minimum Gasteiger partial charge on any atom is -0.478 e. The summed E-state index contributed by atoms with van der Waals surface area (Å²) in [5.74, 6) is -0.918. The van der Waals surface area contributed by atoms with Gasteiger partial charge in [-0.05, 0) is 18.9 Å².